The molecule has 0 unspecified atom stereocenters. The van der Waals surface area contributed by atoms with Gasteiger partial charge in [-0.2, -0.15) is 0 Å². The van der Waals surface area contributed by atoms with Crippen molar-refractivity contribution in [3.63, 3.8) is 0 Å². The van der Waals surface area contributed by atoms with Gasteiger partial charge in [-0.15, -0.1) is 0 Å². The van der Waals surface area contributed by atoms with E-state index < -0.39 is 23.7 Å². The van der Waals surface area contributed by atoms with E-state index in [1.54, 1.807) is 0 Å². The molecule has 3 N–H and O–H groups in total. The van der Waals surface area contributed by atoms with Crippen LogP contribution < -0.4 is 10.6 Å². The van der Waals surface area contributed by atoms with Crippen molar-refractivity contribution in [3.05, 3.63) is 28.5 Å². The lowest BCUT2D eigenvalue weighted by molar-refractivity contribution is -0.141. The van der Waals surface area contributed by atoms with Crippen LogP contribution in [0.1, 0.15) is 19.3 Å². The molecule has 1 aliphatic carbocycles. The number of carbonyl (C=O) groups excluding carboxylic acids is 1. The van der Waals surface area contributed by atoms with Gasteiger partial charge >= 0.3 is 12.0 Å². The molecule has 1 aliphatic rings. The number of carboxylic acids is 1. The van der Waals surface area contributed by atoms with Crippen LogP contribution in [0.5, 0.6) is 0 Å². The maximum Gasteiger partial charge on any atom is 0.319 e. The van der Waals surface area contributed by atoms with Gasteiger partial charge in [0.05, 0.1) is 11.6 Å². The highest BCUT2D eigenvalue weighted by Gasteiger charge is 2.30. The van der Waals surface area contributed by atoms with Crippen LogP contribution in [-0.4, -0.2) is 23.1 Å². The zero-order valence-corrected chi connectivity index (χ0v) is 12.1. The summed E-state index contributed by atoms with van der Waals surface area (Å²) in [5.74, 6) is -1.61. The van der Waals surface area contributed by atoms with Gasteiger partial charge in [-0.3, -0.25) is 4.79 Å². The monoisotopic (exact) mass is 344 g/mol. The molecule has 108 valence electrons. The van der Waals surface area contributed by atoms with Gasteiger partial charge in [-0.1, -0.05) is 0 Å². The number of rotatable bonds is 3. The molecule has 20 heavy (non-hydrogen) atoms. The molecule has 0 bridgehead atoms. The SMILES string of the molecule is O=C(Nc1ccc(F)cc1Br)N[C@H]1CC[C@@H](C(=O)O)C1. The fourth-order valence-corrected chi connectivity index (χ4v) is 2.72. The minimum Gasteiger partial charge on any atom is -0.481 e. The van der Waals surface area contributed by atoms with Crippen LogP contribution in [0.15, 0.2) is 22.7 Å². The molecule has 2 amide bonds. The Kier molecular flexibility index (Phi) is 4.59. The average molecular weight is 345 g/mol. The summed E-state index contributed by atoms with van der Waals surface area (Å²) >= 11 is 3.16. The second-order valence-electron chi connectivity index (χ2n) is 4.77. The molecular weight excluding hydrogens is 331 g/mol. The van der Waals surface area contributed by atoms with Crippen molar-refractivity contribution in [1.82, 2.24) is 5.32 Å². The summed E-state index contributed by atoms with van der Waals surface area (Å²) in [6.07, 6.45) is 1.66. The van der Waals surface area contributed by atoms with Crippen LogP contribution >= 0.6 is 15.9 Å². The molecule has 0 aromatic heterocycles. The molecule has 5 nitrogen and oxygen atoms in total. The first kappa shape index (κ1) is 14.8. The predicted molar refractivity (Wildman–Crippen MR) is 75.0 cm³/mol. The third kappa shape index (κ3) is 3.69. The molecule has 0 saturated heterocycles. The molecule has 1 fully saturated rings. The minimum absolute atomic E-state index is 0.143. The number of benzene rings is 1. The predicted octanol–water partition coefficient (Wildman–Crippen LogP) is 2.96. The van der Waals surface area contributed by atoms with Gasteiger partial charge in [0.1, 0.15) is 5.82 Å². The Bertz CT molecular complexity index is 538. The average Bonchev–Trinajstić information content (AvgIpc) is 2.81. The van der Waals surface area contributed by atoms with Gasteiger partial charge < -0.3 is 15.7 Å². The van der Waals surface area contributed by atoms with E-state index in [1.807, 2.05) is 0 Å². The summed E-state index contributed by atoms with van der Waals surface area (Å²) in [5, 5.41) is 14.2. The maximum atomic E-state index is 12.9. The van der Waals surface area contributed by atoms with Crippen molar-refractivity contribution in [2.45, 2.75) is 25.3 Å². The van der Waals surface area contributed by atoms with E-state index in [9.17, 15) is 14.0 Å². The van der Waals surface area contributed by atoms with Crippen molar-refractivity contribution in [2.75, 3.05) is 5.32 Å². The van der Waals surface area contributed by atoms with Crippen molar-refractivity contribution in [1.29, 1.82) is 0 Å². The lowest BCUT2D eigenvalue weighted by Crippen LogP contribution is -2.36. The molecular formula is C13H14BrFN2O3. The maximum absolute atomic E-state index is 12.9. The van der Waals surface area contributed by atoms with Gasteiger partial charge in [0.25, 0.3) is 0 Å². The molecule has 1 saturated carbocycles. The number of carbonyl (C=O) groups is 2. The number of nitrogens with one attached hydrogen (secondary N) is 2. The van der Waals surface area contributed by atoms with Crippen LogP contribution in [0, 0.1) is 11.7 Å². The minimum atomic E-state index is -0.823. The largest absolute Gasteiger partial charge is 0.481 e. The standard InChI is InChI=1S/C13H14BrFN2O3/c14-10-6-8(15)2-4-11(10)17-13(20)16-9-3-1-7(5-9)12(18)19/h2,4,6-7,9H,1,3,5H2,(H,18,19)(H2,16,17,20)/t7-,9+/m1/s1. The van der Waals surface area contributed by atoms with Crippen molar-refractivity contribution >= 4 is 33.6 Å². The Labute approximate surface area is 123 Å². The topological polar surface area (TPSA) is 78.4 Å². The Morgan fingerprint density at radius 2 is 2.10 bits per heavy atom. The first-order chi connectivity index (χ1) is 9.45. The third-order valence-corrected chi connectivity index (χ3v) is 3.95. The molecule has 7 heteroatoms. The molecule has 0 spiro atoms. The third-order valence-electron chi connectivity index (χ3n) is 3.30. The molecule has 2 rings (SSSR count). The summed E-state index contributed by atoms with van der Waals surface area (Å²) in [5.41, 5.74) is 0.455. The summed E-state index contributed by atoms with van der Waals surface area (Å²) in [6.45, 7) is 0. The fourth-order valence-electron chi connectivity index (χ4n) is 2.27. The zero-order valence-electron chi connectivity index (χ0n) is 10.5. The highest BCUT2D eigenvalue weighted by atomic mass is 79.9. The molecule has 1 aromatic rings. The van der Waals surface area contributed by atoms with Crippen molar-refractivity contribution in [3.8, 4) is 0 Å². The van der Waals surface area contributed by atoms with Crippen LogP contribution in [0.4, 0.5) is 14.9 Å². The van der Waals surface area contributed by atoms with Crippen LogP contribution in [0.25, 0.3) is 0 Å². The van der Waals surface area contributed by atoms with E-state index in [4.69, 9.17) is 5.11 Å². The first-order valence-electron chi connectivity index (χ1n) is 6.21. The van der Waals surface area contributed by atoms with E-state index in [0.29, 0.717) is 29.4 Å². The molecule has 0 heterocycles. The quantitative estimate of drug-likeness (QED) is 0.788. The van der Waals surface area contributed by atoms with E-state index >= 15 is 0 Å². The molecule has 1 aromatic carbocycles. The molecule has 2 atom stereocenters. The van der Waals surface area contributed by atoms with Gasteiger partial charge in [-0.25, -0.2) is 9.18 Å². The summed E-state index contributed by atoms with van der Waals surface area (Å²) in [4.78, 5) is 22.6. The summed E-state index contributed by atoms with van der Waals surface area (Å²) in [7, 11) is 0. The second kappa shape index (κ2) is 6.21. The lowest BCUT2D eigenvalue weighted by atomic mass is 10.1. The number of halogens is 2. The first-order valence-corrected chi connectivity index (χ1v) is 7.00. The van der Waals surface area contributed by atoms with Crippen LogP contribution in [0.3, 0.4) is 0 Å². The number of amides is 2. The number of carboxylic acid groups (broad SMARTS) is 1. The fraction of sp³-hybridized carbons (Fsp3) is 0.385. The smallest absolute Gasteiger partial charge is 0.319 e. The molecule has 0 aliphatic heterocycles. The van der Waals surface area contributed by atoms with E-state index in [-0.39, 0.29) is 6.04 Å². The van der Waals surface area contributed by atoms with Gasteiger partial charge in [0.15, 0.2) is 0 Å². The van der Waals surface area contributed by atoms with Crippen LogP contribution in [0.2, 0.25) is 0 Å². The Morgan fingerprint density at radius 1 is 1.35 bits per heavy atom. The Hall–Kier alpha value is -1.63. The van der Waals surface area contributed by atoms with E-state index in [2.05, 4.69) is 26.6 Å². The number of aliphatic carboxylic acids is 1. The highest BCUT2D eigenvalue weighted by molar-refractivity contribution is 9.10. The summed E-state index contributed by atoms with van der Waals surface area (Å²) < 4.78 is 13.4. The van der Waals surface area contributed by atoms with Crippen molar-refractivity contribution < 1.29 is 19.1 Å². The van der Waals surface area contributed by atoms with Gasteiger partial charge in [0, 0.05) is 10.5 Å². The number of hydrogen-bond acceptors (Lipinski definition) is 2. The normalized spacial score (nSPS) is 21.5. The van der Waals surface area contributed by atoms with Crippen LogP contribution in [-0.2, 0) is 4.79 Å². The molecule has 0 radical (unpaired) electrons. The Balaban J connectivity index is 1.88. The van der Waals surface area contributed by atoms with Gasteiger partial charge in [-0.05, 0) is 53.4 Å². The lowest BCUT2D eigenvalue weighted by Gasteiger charge is -2.14. The second-order valence-corrected chi connectivity index (χ2v) is 5.62. The van der Waals surface area contributed by atoms with E-state index in [1.165, 1.54) is 18.2 Å². The van der Waals surface area contributed by atoms with Crippen molar-refractivity contribution in [2.24, 2.45) is 5.92 Å². The highest BCUT2D eigenvalue weighted by Crippen LogP contribution is 2.26. The Morgan fingerprint density at radius 3 is 2.70 bits per heavy atom. The number of anilines is 1. The zero-order chi connectivity index (χ0) is 14.7. The number of urea groups is 1. The van der Waals surface area contributed by atoms with Gasteiger partial charge in [0.2, 0.25) is 0 Å². The van der Waals surface area contributed by atoms with E-state index in [0.717, 1.165) is 0 Å². The number of hydrogen-bond donors (Lipinski definition) is 3. The summed E-state index contributed by atoms with van der Waals surface area (Å²) in [6, 6.07) is 3.39.